The standard InChI is InChI=1S/C15H19ClN2/c1-10-4-3-5-13-15(10)18(11(2)12-6-7-12)14(17-13)8-9-16/h3-5,11-12H,6-9H2,1-2H3. The molecule has 0 N–H and O–H groups in total. The Hall–Kier alpha value is -1.02. The van der Waals surface area contributed by atoms with Crippen LogP contribution in [0, 0.1) is 12.8 Å². The molecule has 1 fully saturated rings. The van der Waals surface area contributed by atoms with Crippen LogP contribution >= 0.6 is 11.6 Å². The fraction of sp³-hybridized carbons (Fsp3) is 0.533. The summed E-state index contributed by atoms with van der Waals surface area (Å²) in [5.41, 5.74) is 3.73. The van der Waals surface area contributed by atoms with E-state index >= 15 is 0 Å². The van der Waals surface area contributed by atoms with Crippen molar-refractivity contribution in [2.24, 2.45) is 5.92 Å². The van der Waals surface area contributed by atoms with Crippen molar-refractivity contribution in [3.8, 4) is 0 Å². The van der Waals surface area contributed by atoms with Crippen molar-refractivity contribution in [2.75, 3.05) is 5.88 Å². The minimum absolute atomic E-state index is 0.550. The van der Waals surface area contributed by atoms with E-state index in [1.165, 1.54) is 23.9 Å². The fourth-order valence-electron chi connectivity index (χ4n) is 2.86. The normalized spacial score (nSPS) is 17.3. The molecule has 1 atom stereocenters. The average Bonchev–Trinajstić information content (AvgIpc) is 3.12. The van der Waals surface area contributed by atoms with E-state index in [0.29, 0.717) is 11.9 Å². The Morgan fingerprint density at radius 2 is 2.22 bits per heavy atom. The van der Waals surface area contributed by atoms with Gasteiger partial charge < -0.3 is 4.57 Å². The van der Waals surface area contributed by atoms with Crippen LogP contribution in [0.3, 0.4) is 0 Å². The summed E-state index contributed by atoms with van der Waals surface area (Å²) in [6.45, 7) is 4.49. The largest absolute Gasteiger partial charge is 0.325 e. The molecule has 1 aromatic heterocycles. The lowest BCUT2D eigenvalue weighted by molar-refractivity contribution is 0.481. The number of benzene rings is 1. The topological polar surface area (TPSA) is 17.8 Å². The molecule has 0 aliphatic heterocycles. The van der Waals surface area contributed by atoms with Gasteiger partial charge in [-0.1, -0.05) is 12.1 Å². The Balaban J connectivity index is 2.19. The van der Waals surface area contributed by atoms with Crippen LogP contribution in [-0.2, 0) is 6.42 Å². The molecular formula is C15H19ClN2. The van der Waals surface area contributed by atoms with E-state index < -0.39 is 0 Å². The summed E-state index contributed by atoms with van der Waals surface area (Å²) in [5.74, 6) is 2.62. The van der Waals surface area contributed by atoms with Gasteiger partial charge in [0.1, 0.15) is 5.82 Å². The van der Waals surface area contributed by atoms with Gasteiger partial charge in [0.2, 0.25) is 0 Å². The van der Waals surface area contributed by atoms with Gasteiger partial charge in [0.05, 0.1) is 11.0 Å². The number of hydrogen-bond acceptors (Lipinski definition) is 1. The monoisotopic (exact) mass is 262 g/mol. The maximum absolute atomic E-state index is 5.92. The third-order valence-corrected chi connectivity index (χ3v) is 4.20. The van der Waals surface area contributed by atoms with Crippen LogP contribution in [0.15, 0.2) is 18.2 Å². The van der Waals surface area contributed by atoms with Gasteiger partial charge in [-0.05, 0) is 44.2 Å². The van der Waals surface area contributed by atoms with Gasteiger partial charge in [-0.15, -0.1) is 11.6 Å². The van der Waals surface area contributed by atoms with E-state index in [1.54, 1.807) is 0 Å². The Labute approximate surface area is 113 Å². The first kappa shape index (κ1) is 12.0. The van der Waals surface area contributed by atoms with Gasteiger partial charge in [0.15, 0.2) is 0 Å². The third-order valence-electron chi connectivity index (χ3n) is 4.01. The van der Waals surface area contributed by atoms with Crippen LogP contribution in [0.4, 0.5) is 0 Å². The summed E-state index contributed by atoms with van der Waals surface area (Å²) in [7, 11) is 0. The number of rotatable bonds is 4. The maximum Gasteiger partial charge on any atom is 0.111 e. The highest BCUT2D eigenvalue weighted by atomic mass is 35.5. The van der Waals surface area contributed by atoms with Gasteiger partial charge in [-0.25, -0.2) is 4.98 Å². The van der Waals surface area contributed by atoms with E-state index in [9.17, 15) is 0 Å². The van der Waals surface area contributed by atoms with E-state index in [4.69, 9.17) is 16.6 Å². The predicted molar refractivity (Wildman–Crippen MR) is 76.3 cm³/mol. The first-order valence-corrected chi connectivity index (χ1v) is 7.28. The Bertz CT molecular complexity index is 569. The van der Waals surface area contributed by atoms with Crippen molar-refractivity contribution in [3.05, 3.63) is 29.6 Å². The molecule has 2 aromatic rings. The van der Waals surface area contributed by atoms with Gasteiger partial charge >= 0.3 is 0 Å². The predicted octanol–water partition coefficient (Wildman–Crippen LogP) is 4.10. The molecule has 0 spiro atoms. The average molecular weight is 263 g/mol. The SMILES string of the molecule is Cc1cccc2nc(CCCl)n(C(C)C3CC3)c12. The first-order valence-electron chi connectivity index (χ1n) is 6.74. The van der Waals surface area contributed by atoms with E-state index in [-0.39, 0.29) is 0 Å². The molecule has 0 saturated heterocycles. The zero-order valence-electron chi connectivity index (χ0n) is 11.0. The summed E-state index contributed by atoms with van der Waals surface area (Å²) in [6.07, 6.45) is 3.56. The molecule has 0 bridgehead atoms. The molecule has 1 saturated carbocycles. The smallest absolute Gasteiger partial charge is 0.111 e. The van der Waals surface area contributed by atoms with Crippen LogP contribution < -0.4 is 0 Å². The number of imidazole rings is 1. The maximum atomic E-state index is 5.92. The van der Waals surface area contributed by atoms with E-state index in [0.717, 1.165) is 23.7 Å². The molecule has 1 heterocycles. The first-order chi connectivity index (χ1) is 8.72. The lowest BCUT2D eigenvalue weighted by Gasteiger charge is -2.17. The van der Waals surface area contributed by atoms with Crippen molar-refractivity contribution in [2.45, 2.75) is 39.2 Å². The van der Waals surface area contributed by atoms with Crippen LogP contribution in [-0.4, -0.2) is 15.4 Å². The Morgan fingerprint density at radius 1 is 1.44 bits per heavy atom. The second-order valence-corrected chi connectivity index (χ2v) is 5.74. The third kappa shape index (κ3) is 1.93. The molecule has 0 amide bonds. The minimum Gasteiger partial charge on any atom is -0.325 e. The van der Waals surface area contributed by atoms with Gasteiger partial charge in [0.25, 0.3) is 0 Å². The highest BCUT2D eigenvalue weighted by molar-refractivity contribution is 6.17. The summed E-state index contributed by atoms with van der Waals surface area (Å²) in [6, 6.07) is 6.91. The van der Waals surface area contributed by atoms with Crippen LogP contribution in [0.5, 0.6) is 0 Å². The Morgan fingerprint density at radius 3 is 2.89 bits per heavy atom. The molecule has 3 rings (SSSR count). The van der Waals surface area contributed by atoms with Crippen molar-refractivity contribution in [1.29, 1.82) is 0 Å². The molecule has 2 nitrogen and oxygen atoms in total. The molecule has 18 heavy (non-hydrogen) atoms. The van der Waals surface area contributed by atoms with Crippen molar-refractivity contribution in [3.63, 3.8) is 0 Å². The van der Waals surface area contributed by atoms with E-state index in [1.807, 2.05) is 0 Å². The minimum atomic E-state index is 0.550. The van der Waals surface area contributed by atoms with Gasteiger partial charge in [-0.3, -0.25) is 0 Å². The number of halogens is 1. The summed E-state index contributed by atoms with van der Waals surface area (Å²) < 4.78 is 2.44. The summed E-state index contributed by atoms with van der Waals surface area (Å²) >= 11 is 5.92. The number of hydrogen-bond donors (Lipinski definition) is 0. The number of fused-ring (bicyclic) bond motifs is 1. The van der Waals surface area contributed by atoms with E-state index in [2.05, 4.69) is 36.6 Å². The van der Waals surface area contributed by atoms with Crippen LogP contribution in [0.25, 0.3) is 11.0 Å². The highest BCUT2D eigenvalue weighted by Gasteiger charge is 2.31. The van der Waals surface area contributed by atoms with Crippen LogP contribution in [0.2, 0.25) is 0 Å². The molecule has 96 valence electrons. The zero-order valence-corrected chi connectivity index (χ0v) is 11.7. The molecule has 1 aliphatic rings. The van der Waals surface area contributed by atoms with Crippen molar-refractivity contribution >= 4 is 22.6 Å². The number of alkyl halides is 1. The number of nitrogens with zero attached hydrogens (tertiary/aromatic N) is 2. The lowest BCUT2D eigenvalue weighted by Crippen LogP contribution is -2.12. The summed E-state index contributed by atoms with van der Waals surface area (Å²) in [5, 5.41) is 0. The van der Waals surface area contributed by atoms with Crippen molar-refractivity contribution in [1.82, 2.24) is 9.55 Å². The molecule has 0 radical (unpaired) electrons. The van der Waals surface area contributed by atoms with Crippen LogP contribution in [0.1, 0.15) is 37.2 Å². The van der Waals surface area contributed by atoms with Gasteiger partial charge in [-0.2, -0.15) is 0 Å². The molecule has 1 aliphatic carbocycles. The second kappa shape index (κ2) is 4.58. The quantitative estimate of drug-likeness (QED) is 0.759. The zero-order chi connectivity index (χ0) is 12.7. The highest BCUT2D eigenvalue weighted by Crippen LogP contribution is 2.41. The number of para-hydroxylation sites is 1. The Kier molecular flexibility index (Phi) is 3.06. The number of aromatic nitrogens is 2. The lowest BCUT2D eigenvalue weighted by atomic mass is 10.1. The van der Waals surface area contributed by atoms with Gasteiger partial charge in [0, 0.05) is 18.3 Å². The fourth-order valence-corrected chi connectivity index (χ4v) is 3.03. The van der Waals surface area contributed by atoms with Crippen molar-refractivity contribution < 1.29 is 0 Å². The molecular weight excluding hydrogens is 244 g/mol. The second-order valence-electron chi connectivity index (χ2n) is 5.36. The number of aryl methyl sites for hydroxylation is 2. The molecule has 3 heteroatoms. The molecule has 1 aromatic carbocycles. The molecule has 1 unspecified atom stereocenters. The summed E-state index contributed by atoms with van der Waals surface area (Å²) in [4.78, 5) is 4.77.